The third kappa shape index (κ3) is 2.72. The number of fused-ring (bicyclic) bond motifs is 1. The second kappa shape index (κ2) is 6.08. The summed E-state index contributed by atoms with van der Waals surface area (Å²) in [5, 5.41) is 0.949. The Balaban J connectivity index is 1.81. The van der Waals surface area contributed by atoms with E-state index >= 15 is 0 Å². The Kier molecular flexibility index (Phi) is 4.15. The highest BCUT2D eigenvalue weighted by Crippen LogP contribution is 2.29. The molecule has 1 aliphatic heterocycles. The van der Waals surface area contributed by atoms with Gasteiger partial charge in [0.1, 0.15) is 10.6 Å². The number of thiophene rings is 1. The monoisotopic (exact) mass is 319 g/mol. The van der Waals surface area contributed by atoms with E-state index in [1.54, 1.807) is 11.3 Å². The van der Waals surface area contributed by atoms with E-state index in [-0.39, 0.29) is 5.91 Å². The summed E-state index contributed by atoms with van der Waals surface area (Å²) in [6, 6.07) is 2.08. The topological polar surface area (TPSA) is 75.4 Å². The van der Waals surface area contributed by atoms with Crippen molar-refractivity contribution in [2.24, 2.45) is 0 Å². The standard InChI is InChI=1S/C15H21N5OS/c1-3-10-9-11-13(16)17-15(18-14(11)22-10)20-7-5-19(6-8-20)12(21)4-2/h9H,3-8H2,1-2H3,(H2,16,17,18). The smallest absolute Gasteiger partial charge is 0.228 e. The predicted octanol–water partition coefficient (Wildman–Crippen LogP) is 1.89. The lowest BCUT2D eigenvalue weighted by Crippen LogP contribution is -2.49. The number of nitrogens with two attached hydrogens (primary N) is 1. The lowest BCUT2D eigenvalue weighted by atomic mass is 10.3. The van der Waals surface area contributed by atoms with E-state index in [1.165, 1.54) is 4.88 Å². The number of rotatable bonds is 3. The lowest BCUT2D eigenvalue weighted by molar-refractivity contribution is -0.131. The summed E-state index contributed by atoms with van der Waals surface area (Å²) in [7, 11) is 0. The van der Waals surface area contributed by atoms with Gasteiger partial charge in [0.2, 0.25) is 11.9 Å². The predicted molar refractivity (Wildman–Crippen MR) is 90.3 cm³/mol. The maximum absolute atomic E-state index is 11.7. The molecule has 0 bridgehead atoms. The molecular weight excluding hydrogens is 298 g/mol. The summed E-state index contributed by atoms with van der Waals surface area (Å²) in [4.78, 5) is 27.1. The number of hydrogen-bond donors (Lipinski definition) is 1. The maximum atomic E-state index is 11.7. The molecule has 0 radical (unpaired) electrons. The molecule has 1 fully saturated rings. The largest absolute Gasteiger partial charge is 0.383 e. The third-order valence-corrected chi connectivity index (χ3v) is 5.20. The first-order valence-electron chi connectivity index (χ1n) is 7.71. The fourth-order valence-electron chi connectivity index (χ4n) is 2.68. The van der Waals surface area contributed by atoms with Crippen LogP contribution in [0, 0.1) is 0 Å². The van der Waals surface area contributed by atoms with E-state index < -0.39 is 0 Å². The van der Waals surface area contributed by atoms with Gasteiger partial charge in [-0.2, -0.15) is 4.98 Å². The molecule has 3 rings (SSSR count). The third-order valence-electron chi connectivity index (χ3n) is 4.03. The molecule has 1 saturated heterocycles. The van der Waals surface area contributed by atoms with Crippen LogP contribution in [0.3, 0.4) is 0 Å². The van der Waals surface area contributed by atoms with Gasteiger partial charge in [-0.25, -0.2) is 4.98 Å². The highest BCUT2D eigenvalue weighted by atomic mass is 32.1. The van der Waals surface area contributed by atoms with E-state index in [0.29, 0.717) is 18.2 Å². The van der Waals surface area contributed by atoms with Gasteiger partial charge >= 0.3 is 0 Å². The molecule has 2 aromatic heterocycles. The van der Waals surface area contributed by atoms with Gasteiger partial charge in [0.15, 0.2) is 0 Å². The normalized spacial score (nSPS) is 15.5. The molecule has 0 aliphatic carbocycles. The Morgan fingerprint density at radius 2 is 2.00 bits per heavy atom. The molecule has 2 aromatic rings. The number of carbonyl (C=O) groups is 1. The van der Waals surface area contributed by atoms with Gasteiger partial charge in [0.25, 0.3) is 0 Å². The highest BCUT2D eigenvalue weighted by molar-refractivity contribution is 7.18. The van der Waals surface area contributed by atoms with E-state index in [9.17, 15) is 4.79 Å². The molecule has 0 spiro atoms. The first kappa shape index (κ1) is 15.0. The van der Waals surface area contributed by atoms with E-state index in [4.69, 9.17) is 5.73 Å². The van der Waals surface area contributed by atoms with E-state index in [2.05, 4.69) is 27.9 Å². The van der Waals surface area contributed by atoms with E-state index in [0.717, 1.165) is 42.8 Å². The first-order chi connectivity index (χ1) is 10.6. The summed E-state index contributed by atoms with van der Waals surface area (Å²) in [6.07, 6.45) is 1.54. The minimum absolute atomic E-state index is 0.210. The number of nitrogens with zero attached hydrogens (tertiary/aromatic N) is 4. The van der Waals surface area contributed by atoms with Crippen LogP contribution < -0.4 is 10.6 Å². The fourth-order valence-corrected chi connectivity index (χ4v) is 3.65. The summed E-state index contributed by atoms with van der Waals surface area (Å²) in [5.74, 6) is 1.43. The molecule has 0 unspecified atom stereocenters. The first-order valence-corrected chi connectivity index (χ1v) is 8.52. The zero-order valence-electron chi connectivity index (χ0n) is 13.0. The summed E-state index contributed by atoms with van der Waals surface area (Å²) >= 11 is 1.68. The average molecular weight is 319 g/mol. The molecular formula is C15H21N5OS. The van der Waals surface area contributed by atoms with Crippen molar-refractivity contribution >= 4 is 39.2 Å². The molecule has 6 nitrogen and oxygen atoms in total. The summed E-state index contributed by atoms with van der Waals surface area (Å²) in [6.45, 7) is 6.97. The molecule has 3 heterocycles. The minimum Gasteiger partial charge on any atom is -0.383 e. The van der Waals surface area contributed by atoms with Crippen LogP contribution in [0.5, 0.6) is 0 Å². The molecule has 1 aliphatic rings. The average Bonchev–Trinajstić information content (AvgIpc) is 2.98. The Bertz CT molecular complexity index is 691. The van der Waals surface area contributed by atoms with Crippen molar-refractivity contribution in [3.63, 3.8) is 0 Å². The second-order valence-electron chi connectivity index (χ2n) is 5.42. The number of amides is 1. The van der Waals surface area contributed by atoms with Gasteiger partial charge in [0, 0.05) is 37.5 Å². The lowest BCUT2D eigenvalue weighted by Gasteiger charge is -2.34. The number of piperazine rings is 1. The molecule has 0 atom stereocenters. The van der Waals surface area contributed by atoms with Crippen molar-refractivity contribution in [1.29, 1.82) is 0 Å². The number of hydrogen-bond acceptors (Lipinski definition) is 6. The van der Waals surface area contributed by atoms with Crippen LogP contribution in [-0.4, -0.2) is 47.0 Å². The summed E-state index contributed by atoms with van der Waals surface area (Å²) in [5.41, 5.74) is 6.09. The van der Waals surface area contributed by atoms with Crippen LogP contribution in [0.1, 0.15) is 25.1 Å². The van der Waals surface area contributed by atoms with Crippen LogP contribution in [0.15, 0.2) is 6.07 Å². The van der Waals surface area contributed by atoms with Gasteiger partial charge in [-0.1, -0.05) is 13.8 Å². The Morgan fingerprint density at radius 3 is 2.64 bits per heavy atom. The van der Waals surface area contributed by atoms with Gasteiger partial charge < -0.3 is 15.5 Å². The van der Waals surface area contributed by atoms with Crippen LogP contribution >= 0.6 is 11.3 Å². The van der Waals surface area contributed by atoms with Gasteiger partial charge in [-0.05, 0) is 12.5 Å². The Labute approximate surface area is 133 Å². The van der Waals surface area contributed by atoms with Crippen LogP contribution in [-0.2, 0) is 11.2 Å². The summed E-state index contributed by atoms with van der Waals surface area (Å²) < 4.78 is 0. The van der Waals surface area contributed by atoms with Crippen LogP contribution in [0.4, 0.5) is 11.8 Å². The molecule has 118 valence electrons. The van der Waals surface area contributed by atoms with Crippen molar-refractivity contribution in [2.45, 2.75) is 26.7 Å². The van der Waals surface area contributed by atoms with Gasteiger partial charge in [0.05, 0.1) is 5.39 Å². The molecule has 0 saturated carbocycles. The van der Waals surface area contributed by atoms with Crippen LogP contribution in [0.2, 0.25) is 0 Å². The zero-order chi connectivity index (χ0) is 15.7. The second-order valence-corrected chi connectivity index (χ2v) is 6.53. The zero-order valence-corrected chi connectivity index (χ0v) is 13.8. The van der Waals surface area contributed by atoms with E-state index in [1.807, 2.05) is 11.8 Å². The number of anilines is 2. The van der Waals surface area contributed by atoms with Crippen molar-refractivity contribution < 1.29 is 4.79 Å². The van der Waals surface area contributed by atoms with Crippen molar-refractivity contribution in [2.75, 3.05) is 36.8 Å². The minimum atomic E-state index is 0.210. The van der Waals surface area contributed by atoms with Crippen molar-refractivity contribution in [3.05, 3.63) is 10.9 Å². The highest BCUT2D eigenvalue weighted by Gasteiger charge is 2.22. The SMILES string of the molecule is CCC(=O)N1CCN(c2nc(N)c3cc(CC)sc3n2)CC1. The van der Waals surface area contributed by atoms with Crippen molar-refractivity contribution in [1.82, 2.24) is 14.9 Å². The van der Waals surface area contributed by atoms with Crippen molar-refractivity contribution in [3.8, 4) is 0 Å². The number of aromatic nitrogens is 2. The number of carbonyl (C=O) groups excluding carboxylic acids is 1. The maximum Gasteiger partial charge on any atom is 0.228 e. The molecule has 2 N–H and O–H groups in total. The molecule has 7 heteroatoms. The fraction of sp³-hybridized carbons (Fsp3) is 0.533. The molecule has 0 aromatic carbocycles. The van der Waals surface area contributed by atoms with Gasteiger partial charge in [-0.15, -0.1) is 11.3 Å². The molecule has 1 amide bonds. The van der Waals surface area contributed by atoms with Gasteiger partial charge in [-0.3, -0.25) is 4.79 Å². The number of nitrogen functional groups attached to an aromatic ring is 1. The molecule has 22 heavy (non-hydrogen) atoms. The Hall–Kier alpha value is -1.89. The Morgan fingerprint density at radius 1 is 1.27 bits per heavy atom. The quantitative estimate of drug-likeness (QED) is 0.935. The number of aryl methyl sites for hydroxylation is 1. The van der Waals surface area contributed by atoms with Crippen LogP contribution in [0.25, 0.3) is 10.2 Å².